The van der Waals surface area contributed by atoms with Crippen LogP contribution in [0.2, 0.25) is 0 Å². The standard InChI is InChI=1S/C12H12N4O/c1-16(9-5-3-2-4-6-9)12(17)10-7-14-8-11(13)15-10/h2-8H,1H3,(H2,13,15). The average Bonchev–Trinajstić information content (AvgIpc) is 2.38. The topological polar surface area (TPSA) is 72.1 Å². The Bertz CT molecular complexity index is 527. The van der Waals surface area contributed by atoms with Crippen LogP contribution in [0.1, 0.15) is 10.5 Å². The maximum atomic E-state index is 12.1. The van der Waals surface area contributed by atoms with Gasteiger partial charge in [-0.2, -0.15) is 0 Å². The van der Waals surface area contributed by atoms with Crippen LogP contribution in [0.3, 0.4) is 0 Å². The minimum atomic E-state index is -0.240. The van der Waals surface area contributed by atoms with E-state index in [0.717, 1.165) is 5.69 Å². The number of hydrogen-bond acceptors (Lipinski definition) is 4. The largest absolute Gasteiger partial charge is 0.382 e. The molecule has 2 rings (SSSR count). The number of aromatic nitrogens is 2. The summed E-state index contributed by atoms with van der Waals surface area (Å²) in [4.78, 5) is 21.4. The van der Waals surface area contributed by atoms with E-state index >= 15 is 0 Å². The number of amides is 1. The van der Waals surface area contributed by atoms with E-state index in [-0.39, 0.29) is 17.4 Å². The second-order valence-corrected chi connectivity index (χ2v) is 3.53. The Labute approximate surface area is 98.9 Å². The van der Waals surface area contributed by atoms with Gasteiger partial charge in [-0.05, 0) is 12.1 Å². The second kappa shape index (κ2) is 4.61. The lowest BCUT2D eigenvalue weighted by Crippen LogP contribution is -2.27. The molecule has 17 heavy (non-hydrogen) atoms. The highest BCUT2D eigenvalue weighted by Gasteiger charge is 2.14. The van der Waals surface area contributed by atoms with Crippen molar-refractivity contribution >= 4 is 17.4 Å². The molecule has 0 spiro atoms. The normalized spacial score (nSPS) is 9.94. The highest BCUT2D eigenvalue weighted by molar-refractivity contribution is 6.04. The Morgan fingerprint density at radius 3 is 2.59 bits per heavy atom. The zero-order valence-corrected chi connectivity index (χ0v) is 9.37. The summed E-state index contributed by atoms with van der Waals surface area (Å²) in [6, 6.07) is 9.31. The van der Waals surface area contributed by atoms with E-state index in [9.17, 15) is 4.79 Å². The third kappa shape index (κ3) is 2.39. The number of nitrogens with zero attached hydrogens (tertiary/aromatic N) is 3. The Kier molecular flexibility index (Phi) is 3.00. The van der Waals surface area contributed by atoms with Crippen molar-refractivity contribution in [1.29, 1.82) is 0 Å². The molecular formula is C12H12N4O. The van der Waals surface area contributed by atoms with E-state index in [0.29, 0.717) is 0 Å². The second-order valence-electron chi connectivity index (χ2n) is 3.53. The van der Waals surface area contributed by atoms with Crippen LogP contribution in [0.4, 0.5) is 11.5 Å². The Morgan fingerprint density at radius 2 is 1.94 bits per heavy atom. The Hall–Kier alpha value is -2.43. The summed E-state index contributed by atoms with van der Waals surface area (Å²) in [6.45, 7) is 0. The van der Waals surface area contributed by atoms with E-state index < -0.39 is 0 Å². The van der Waals surface area contributed by atoms with Crippen molar-refractivity contribution in [2.75, 3.05) is 17.7 Å². The molecule has 86 valence electrons. The van der Waals surface area contributed by atoms with E-state index in [1.807, 2.05) is 30.3 Å². The highest BCUT2D eigenvalue weighted by Crippen LogP contribution is 2.13. The van der Waals surface area contributed by atoms with E-state index in [1.54, 1.807) is 7.05 Å². The van der Waals surface area contributed by atoms with Crippen molar-refractivity contribution in [3.63, 3.8) is 0 Å². The van der Waals surface area contributed by atoms with Gasteiger partial charge in [-0.15, -0.1) is 0 Å². The van der Waals surface area contributed by atoms with Gasteiger partial charge in [0.1, 0.15) is 11.5 Å². The first-order valence-corrected chi connectivity index (χ1v) is 5.09. The van der Waals surface area contributed by atoms with Crippen LogP contribution in [0.25, 0.3) is 0 Å². The molecule has 1 aromatic carbocycles. The fourth-order valence-electron chi connectivity index (χ4n) is 1.42. The number of hydrogen-bond donors (Lipinski definition) is 1. The van der Waals surface area contributed by atoms with Crippen LogP contribution in [-0.4, -0.2) is 22.9 Å². The molecule has 0 aliphatic heterocycles. The molecule has 5 nitrogen and oxygen atoms in total. The van der Waals surface area contributed by atoms with E-state index in [4.69, 9.17) is 5.73 Å². The van der Waals surface area contributed by atoms with Crippen molar-refractivity contribution in [3.05, 3.63) is 48.4 Å². The summed E-state index contributed by atoms with van der Waals surface area (Å²) in [5.74, 6) is -0.00619. The van der Waals surface area contributed by atoms with Gasteiger partial charge in [-0.3, -0.25) is 9.78 Å². The van der Waals surface area contributed by atoms with Gasteiger partial charge in [-0.1, -0.05) is 18.2 Å². The summed E-state index contributed by atoms with van der Waals surface area (Å²) in [5.41, 5.74) is 6.52. The molecule has 0 bridgehead atoms. The lowest BCUT2D eigenvalue weighted by molar-refractivity contribution is 0.0988. The molecule has 1 heterocycles. The van der Waals surface area contributed by atoms with Gasteiger partial charge >= 0.3 is 0 Å². The molecule has 1 amide bonds. The number of anilines is 2. The number of carbonyl (C=O) groups excluding carboxylic acids is 1. The van der Waals surface area contributed by atoms with Crippen LogP contribution < -0.4 is 10.6 Å². The first-order chi connectivity index (χ1) is 8.18. The number of nitrogen functional groups attached to an aromatic ring is 1. The molecule has 0 unspecified atom stereocenters. The average molecular weight is 228 g/mol. The van der Waals surface area contributed by atoms with Crippen LogP contribution in [0, 0.1) is 0 Å². The first kappa shape index (κ1) is 11.1. The molecule has 0 atom stereocenters. The molecule has 2 N–H and O–H groups in total. The van der Waals surface area contributed by atoms with Gasteiger partial charge in [0.25, 0.3) is 5.91 Å². The molecule has 0 radical (unpaired) electrons. The molecule has 0 aliphatic rings. The Balaban J connectivity index is 2.27. The van der Waals surface area contributed by atoms with Gasteiger partial charge in [0.2, 0.25) is 0 Å². The van der Waals surface area contributed by atoms with Crippen molar-refractivity contribution in [2.45, 2.75) is 0 Å². The molecule has 1 aromatic heterocycles. The minimum absolute atomic E-state index is 0.233. The quantitative estimate of drug-likeness (QED) is 0.841. The molecule has 0 aliphatic carbocycles. The van der Waals surface area contributed by atoms with Crippen LogP contribution in [0.15, 0.2) is 42.7 Å². The maximum absolute atomic E-state index is 12.1. The molecular weight excluding hydrogens is 216 g/mol. The summed E-state index contributed by atoms with van der Waals surface area (Å²) in [7, 11) is 1.68. The number of benzene rings is 1. The molecule has 5 heteroatoms. The van der Waals surface area contributed by atoms with Crippen LogP contribution in [0.5, 0.6) is 0 Å². The van der Waals surface area contributed by atoms with Gasteiger partial charge in [0, 0.05) is 12.7 Å². The molecule has 2 aromatic rings. The van der Waals surface area contributed by atoms with Crippen molar-refractivity contribution in [1.82, 2.24) is 9.97 Å². The summed E-state index contributed by atoms with van der Waals surface area (Å²) in [6.07, 6.45) is 2.80. The van der Waals surface area contributed by atoms with Crippen molar-refractivity contribution in [3.8, 4) is 0 Å². The summed E-state index contributed by atoms with van der Waals surface area (Å²) in [5, 5.41) is 0. The minimum Gasteiger partial charge on any atom is -0.382 e. The van der Waals surface area contributed by atoms with Crippen molar-refractivity contribution in [2.24, 2.45) is 0 Å². The smallest absolute Gasteiger partial charge is 0.278 e. The lowest BCUT2D eigenvalue weighted by Gasteiger charge is -2.16. The third-order valence-corrected chi connectivity index (χ3v) is 2.32. The van der Waals surface area contributed by atoms with Gasteiger partial charge < -0.3 is 10.6 Å². The zero-order chi connectivity index (χ0) is 12.3. The van der Waals surface area contributed by atoms with Gasteiger partial charge in [0.05, 0.1) is 12.4 Å². The highest BCUT2D eigenvalue weighted by atomic mass is 16.2. The fourth-order valence-corrected chi connectivity index (χ4v) is 1.42. The number of carbonyl (C=O) groups is 1. The molecule has 0 saturated heterocycles. The third-order valence-electron chi connectivity index (χ3n) is 2.32. The summed E-state index contributed by atoms with van der Waals surface area (Å²) >= 11 is 0. The van der Waals surface area contributed by atoms with Crippen LogP contribution >= 0.6 is 0 Å². The number of nitrogens with two attached hydrogens (primary N) is 1. The lowest BCUT2D eigenvalue weighted by atomic mass is 10.3. The zero-order valence-electron chi connectivity index (χ0n) is 9.37. The monoisotopic (exact) mass is 228 g/mol. The number of rotatable bonds is 2. The molecule has 0 saturated carbocycles. The first-order valence-electron chi connectivity index (χ1n) is 5.09. The predicted molar refractivity (Wildman–Crippen MR) is 65.6 cm³/mol. The van der Waals surface area contributed by atoms with E-state index in [2.05, 4.69) is 9.97 Å². The van der Waals surface area contributed by atoms with Crippen molar-refractivity contribution < 1.29 is 4.79 Å². The predicted octanol–water partition coefficient (Wildman–Crippen LogP) is 1.34. The molecule has 0 fully saturated rings. The van der Waals surface area contributed by atoms with Crippen LogP contribution in [-0.2, 0) is 0 Å². The van der Waals surface area contributed by atoms with Gasteiger partial charge in [0.15, 0.2) is 0 Å². The number of para-hydroxylation sites is 1. The van der Waals surface area contributed by atoms with E-state index in [1.165, 1.54) is 17.3 Å². The Morgan fingerprint density at radius 1 is 1.24 bits per heavy atom. The fraction of sp³-hybridized carbons (Fsp3) is 0.0833. The summed E-state index contributed by atoms with van der Waals surface area (Å²) < 4.78 is 0. The van der Waals surface area contributed by atoms with Gasteiger partial charge in [-0.25, -0.2) is 4.98 Å². The SMILES string of the molecule is CN(C(=O)c1cncc(N)n1)c1ccccc1. The maximum Gasteiger partial charge on any atom is 0.278 e.